The highest BCUT2D eigenvalue weighted by molar-refractivity contribution is 6.46. The summed E-state index contributed by atoms with van der Waals surface area (Å²) in [5.74, 6) is 0.274. The van der Waals surface area contributed by atoms with E-state index < -0.39 is 17.7 Å². The number of methoxy groups -OCH3 is 2. The molecule has 0 aromatic heterocycles. The van der Waals surface area contributed by atoms with Crippen molar-refractivity contribution in [2.24, 2.45) is 0 Å². The standard InChI is InChI=1S/C29H29NO6/c1-19-17-21(13-14-24(19)35-3)27(31)25-26(30(15-8-16-34-2)29(33)28(25)32)20-9-7-12-23(18-20)36-22-10-5-4-6-11-22/h4-7,9-14,17-18,26,31H,8,15-16H2,1-3H3/t26-/m0/s1. The highest BCUT2D eigenvalue weighted by Gasteiger charge is 2.45. The second-order valence-corrected chi connectivity index (χ2v) is 8.51. The summed E-state index contributed by atoms with van der Waals surface area (Å²) in [4.78, 5) is 27.8. The van der Waals surface area contributed by atoms with Crippen molar-refractivity contribution < 1.29 is 28.9 Å². The number of ketones is 1. The number of hydrogen-bond acceptors (Lipinski definition) is 6. The second kappa shape index (κ2) is 11.1. The summed E-state index contributed by atoms with van der Waals surface area (Å²) < 4.78 is 16.5. The minimum Gasteiger partial charge on any atom is -0.507 e. The van der Waals surface area contributed by atoms with Crippen molar-refractivity contribution in [1.82, 2.24) is 4.90 Å². The molecular formula is C29H29NO6. The number of carbonyl (C=O) groups excluding carboxylic acids is 2. The third-order valence-corrected chi connectivity index (χ3v) is 6.11. The summed E-state index contributed by atoms with van der Waals surface area (Å²) in [6, 6.07) is 20.9. The van der Waals surface area contributed by atoms with Crippen molar-refractivity contribution in [1.29, 1.82) is 0 Å². The Bertz CT molecular complexity index is 1280. The summed E-state index contributed by atoms with van der Waals surface area (Å²) in [6.45, 7) is 2.58. The van der Waals surface area contributed by atoms with E-state index in [2.05, 4.69) is 0 Å². The Morgan fingerprint density at radius 3 is 2.39 bits per heavy atom. The lowest BCUT2D eigenvalue weighted by Gasteiger charge is -2.25. The van der Waals surface area contributed by atoms with E-state index in [0.717, 1.165) is 5.56 Å². The zero-order chi connectivity index (χ0) is 25.7. The molecule has 3 aromatic rings. The number of ether oxygens (including phenoxy) is 3. The molecule has 186 valence electrons. The van der Waals surface area contributed by atoms with E-state index in [1.54, 1.807) is 50.6 Å². The number of Topliss-reactive ketones (excluding diaryl/α,β-unsaturated/α-hetero) is 1. The van der Waals surface area contributed by atoms with Crippen LogP contribution in [0.5, 0.6) is 17.2 Å². The van der Waals surface area contributed by atoms with Crippen molar-refractivity contribution in [2.75, 3.05) is 27.4 Å². The van der Waals surface area contributed by atoms with Gasteiger partial charge in [-0.3, -0.25) is 9.59 Å². The van der Waals surface area contributed by atoms with Crippen molar-refractivity contribution in [3.63, 3.8) is 0 Å². The zero-order valence-corrected chi connectivity index (χ0v) is 20.6. The van der Waals surface area contributed by atoms with Gasteiger partial charge in [0, 0.05) is 25.8 Å². The Morgan fingerprint density at radius 1 is 0.944 bits per heavy atom. The maximum absolute atomic E-state index is 13.2. The summed E-state index contributed by atoms with van der Waals surface area (Å²) in [6.07, 6.45) is 0.544. The number of hydrogen-bond donors (Lipinski definition) is 1. The fourth-order valence-corrected chi connectivity index (χ4v) is 4.39. The highest BCUT2D eigenvalue weighted by Crippen LogP contribution is 2.41. The van der Waals surface area contributed by atoms with Crippen LogP contribution in [0.2, 0.25) is 0 Å². The van der Waals surface area contributed by atoms with Gasteiger partial charge in [0.05, 0.1) is 18.7 Å². The molecule has 0 radical (unpaired) electrons. The third-order valence-electron chi connectivity index (χ3n) is 6.11. The Morgan fingerprint density at radius 2 is 1.69 bits per heavy atom. The number of rotatable bonds is 9. The normalized spacial score (nSPS) is 16.9. The average Bonchev–Trinajstić information content (AvgIpc) is 3.14. The molecule has 1 aliphatic heterocycles. The van der Waals surface area contributed by atoms with Crippen LogP contribution in [-0.4, -0.2) is 49.1 Å². The highest BCUT2D eigenvalue weighted by atomic mass is 16.5. The first-order valence-electron chi connectivity index (χ1n) is 11.7. The predicted molar refractivity (Wildman–Crippen MR) is 136 cm³/mol. The number of aryl methyl sites for hydroxylation is 1. The number of aliphatic hydroxyl groups excluding tert-OH is 1. The quantitative estimate of drug-likeness (QED) is 0.192. The minimum absolute atomic E-state index is 0.0406. The molecule has 1 aliphatic rings. The molecular weight excluding hydrogens is 458 g/mol. The van der Waals surface area contributed by atoms with E-state index in [0.29, 0.717) is 47.9 Å². The Balaban J connectivity index is 1.79. The largest absolute Gasteiger partial charge is 0.507 e. The maximum Gasteiger partial charge on any atom is 0.295 e. The molecule has 4 rings (SSSR count). The van der Waals surface area contributed by atoms with E-state index in [9.17, 15) is 14.7 Å². The lowest BCUT2D eigenvalue weighted by atomic mass is 9.94. The van der Waals surface area contributed by atoms with Crippen LogP contribution >= 0.6 is 0 Å². The first-order chi connectivity index (χ1) is 17.4. The molecule has 1 N–H and O–H groups in total. The van der Waals surface area contributed by atoms with Gasteiger partial charge in [-0.25, -0.2) is 0 Å². The molecule has 36 heavy (non-hydrogen) atoms. The van der Waals surface area contributed by atoms with E-state index >= 15 is 0 Å². The molecule has 1 fully saturated rings. The van der Waals surface area contributed by atoms with Crippen molar-refractivity contribution >= 4 is 17.4 Å². The molecule has 0 unspecified atom stereocenters. The van der Waals surface area contributed by atoms with E-state index in [1.165, 1.54) is 4.90 Å². The van der Waals surface area contributed by atoms with Gasteiger partial charge in [-0.15, -0.1) is 0 Å². The average molecular weight is 488 g/mol. The lowest BCUT2D eigenvalue weighted by Crippen LogP contribution is -2.31. The number of aliphatic hydroxyl groups is 1. The second-order valence-electron chi connectivity index (χ2n) is 8.51. The molecule has 1 amide bonds. The van der Waals surface area contributed by atoms with Crippen LogP contribution in [-0.2, 0) is 14.3 Å². The van der Waals surface area contributed by atoms with Gasteiger partial charge in [-0.2, -0.15) is 0 Å². The number of amides is 1. The topological polar surface area (TPSA) is 85.3 Å². The number of likely N-dealkylation sites (tertiary alicyclic amines) is 1. The Hall–Kier alpha value is -4.10. The molecule has 1 atom stereocenters. The monoisotopic (exact) mass is 487 g/mol. The van der Waals surface area contributed by atoms with Crippen LogP contribution in [0.3, 0.4) is 0 Å². The summed E-state index contributed by atoms with van der Waals surface area (Å²) in [7, 11) is 3.15. The van der Waals surface area contributed by atoms with Crippen LogP contribution in [0.25, 0.3) is 5.76 Å². The molecule has 0 bridgehead atoms. The molecule has 0 aliphatic carbocycles. The van der Waals surface area contributed by atoms with Gasteiger partial charge in [0.2, 0.25) is 0 Å². The van der Waals surface area contributed by atoms with Gasteiger partial charge >= 0.3 is 0 Å². The smallest absolute Gasteiger partial charge is 0.295 e. The summed E-state index contributed by atoms with van der Waals surface area (Å²) >= 11 is 0. The number of carbonyl (C=O) groups is 2. The minimum atomic E-state index is -0.774. The fraction of sp³-hybridized carbons (Fsp3) is 0.241. The molecule has 3 aromatic carbocycles. The van der Waals surface area contributed by atoms with E-state index in [4.69, 9.17) is 14.2 Å². The molecule has 0 spiro atoms. The molecule has 1 heterocycles. The molecule has 1 saturated heterocycles. The summed E-state index contributed by atoms with van der Waals surface area (Å²) in [5.41, 5.74) is 1.93. The molecule has 7 heteroatoms. The van der Waals surface area contributed by atoms with Crippen LogP contribution in [0, 0.1) is 6.92 Å². The van der Waals surface area contributed by atoms with E-state index in [1.807, 2.05) is 43.3 Å². The van der Waals surface area contributed by atoms with Crippen molar-refractivity contribution in [2.45, 2.75) is 19.4 Å². The first kappa shape index (κ1) is 25.0. The molecule has 0 saturated carbocycles. The van der Waals surface area contributed by atoms with Gasteiger partial charge in [0.15, 0.2) is 0 Å². The predicted octanol–water partition coefficient (Wildman–Crippen LogP) is 5.25. The van der Waals surface area contributed by atoms with Crippen LogP contribution in [0.4, 0.5) is 0 Å². The molecule has 7 nitrogen and oxygen atoms in total. The van der Waals surface area contributed by atoms with Crippen LogP contribution in [0.1, 0.15) is 29.2 Å². The van der Waals surface area contributed by atoms with Crippen LogP contribution < -0.4 is 9.47 Å². The third kappa shape index (κ3) is 5.11. The summed E-state index contributed by atoms with van der Waals surface area (Å²) in [5, 5.41) is 11.3. The van der Waals surface area contributed by atoms with Crippen molar-refractivity contribution in [3.8, 4) is 17.2 Å². The van der Waals surface area contributed by atoms with Gasteiger partial charge in [-0.05, 0) is 66.9 Å². The van der Waals surface area contributed by atoms with Crippen molar-refractivity contribution in [3.05, 3.63) is 95.1 Å². The zero-order valence-electron chi connectivity index (χ0n) is 20.6. The fourth-order valence-electron chi connectivity index (χ4n) is 4.39. The SMILES string of the molecule is COCCCN1C(=O)C(=O)C(=C(O)c2ccc(OC)c(C)c2)[C@@H]1c1cccc(Oc2ccccc2)c1. The number of para-hydroxylation sites is 1. The number of nitrogens with zero attached hydrogens (tertiary/aromatic N) is 1. The van der Waals surface area contributed by atoms with Crippen LogP contribution in [0.15, 0.2) is 78.4 Å². The number of benzene rings is 3. The van der Waals surface area contributed by atoms with E-state index in [-0.39, 0.29) is 11.3 Å². The Kier molecular flexibility index (Phi) is 7.71. The van der Waals surface area contributed by atoms with Gasteiger partial charge in [0.1, 0.15) is 23.0 Å². The van der Waals surface area contributed by atoms with Gasteiger partial charge < -0.3 is 24.2 Å². The maximum atomic E-state index is 13.2. The Labute approximate surface area is 210 Å². The first-order valence-corrected chi connectivity index (χ1v) is 11.7. The lowest BCUT2D eigenvalue weighted by molar-refractivity contribution is -0.140. The van der Waals surface area contributed by atoms with Gasteiger partial charge in [0.25, 0.3) is 11.7 Å². The van der Waals surface area contributed by atoms with Gasteiger partial charge in [-0.1, -0.05) is 30.3 Å².